The van der Waals surface area contributed by atoms with Gasteiger partial charge in [-0.25, -0.2) is 4.79 Å². The lowest BCUT2D eigenvalue weighted by Gasteiger charge is -1.96. The van der Waals surface area contributed by atoms with E-state index in [9.17, 15) is 4.79 Å². The molecule has 0 saturated carbocycles. The highest BCUT2D eigenvalue weighted by Crippen LogP contribution is 2.09. The first kappa shape index (κ1) is 9.04. The summed E-state index contributed by atoms with van der Waals surface area (Å²) in [4.78, 5) is 10.6. The predicted molar refractivity (Wildman–Crippen MR) is 47.6 cm³/mol. The van der Waals surface area contributed by atoms with Gasteiger partial charge >= 0.3 is 5.97 Å². The number of cyclic esters (lactones) is 1. The summed E-state index contributed by atoms with van der Waals surface area (Å²) in [5, 5.41) is 0. The quantitative estimate of drug-likeness (QED) is 0.600. The molecule has 0 unspecified atom stereocenters. The summed E-state index contributed by atoms with van der Waals surface area (Å²) in [6.45, 7) is 4.76. The Hall–Kier alpha value is -1.05. The molecule has 66 valence electrons. The van der Waals surface area contributed by atoms with Crippen molar-refractivity contribution in [3.8, 4) is 0 Å². The van der Waals surface area contributed by atoms with Crippen LogP contribution >= 0.6 is 0 Å². The monoisotopic (exact) mass is 166 g/mol. The van der Waals surface area contributed by atoms with Gasteiger partial charge in [0.25, 0.3) is 0 Å². The molecule has 0 aromatic carbocycles. The van der Waals surface area contributed by atoms with Crippen LogP contribution in [0.5, 0.6) is 0 Å². The maximum atomic E-state index is 10.6. The summed E-state index contributed by atoms with van der Waals surface area (Å²) < 4.78 is 4.74. The number of rotatable bonds is 3. The highest BCUT2D eigenvalue weighted by atomic mass is 16.5. The first-order valence-corrected chi connectivity index (χ1v) is 4.22. The fraction of sp³-hybridized carbons (Fsp3) is 0.500. The van der Waals surface area contributed by atoms with E-state index in [0.717, 1.165) is 12.0 Å². The van der Waals surface area contributed by atoms with Crippen molar-refractivity contribution in [2.75, 3.05) is 6.61 Å². The van der Waals surface area contributed by atoms with Crippen LogP contribution in [0.3, 0.4) is 0 Å². The topological polar surface area (TPSA) is 26.3 Å². The molecule has 0 N–H and O–H groups in total. The lowest BCUT2D eigenvalue weighted by molar-refractivity contribution is -0.134. The Balaban J connectivity index is 2.36. The van der Waals surface area contributed by atoms with E-state index in [2.05, 4.69) is 19.9 Å². The molecule has 0 atom stereocenters. The summed E-state index contributed by atoms with van der Waals surface area (Å²) in [7, 11) is 0. The average Bonchev–Trinajstić information content (AvgIpc) is 2.35. The van der Waals surface area contributed by atoms with Gasteiger partial charge in [0.2, 0.25) is 0 Å². The van der Waals surface area contributed by atoms with Gasteiger partial charge in [-0.1, -0.05) is 26.0 Å². The highest BCUT2D eigenvalue weighted by Gasteiger charge is 2.09. The third-order valence-electron chi connectivity index (χ3n) is 1.62. The van der Waals surface area contributed by atoms with Gasteiger partial charge in [-0.15, -0.1) is 0 Å². The zero-order valence-corrected chi connectivity index (χ0v) is 7.54. The molecule has 0 amide bonds. The molecule has 1 aliphatic heterocycles. The fourth-order valence-corrected chi connectivity index (χ4v) is 0.977. The van der Waals surface area contributed by atoms with Crippen LogP contribution in [0, 0.1) is 5.92 Å². The molecule has 0 spiro atoms. The predicted octanol–water partition coefficient (Wildman–Crippen LogP) is 2.07. The third-order valence-corrected chi connectivity index (χ3v) is 1.62. The fourth-order valence-electron chi connectivity index (χ4n) is 0.977. The van der Waals surface area contributed by atoms with Gasteiger partial charge in [0.05, 0.1) is 0 Å². The van der Waals surface area contributed by atoms with Gasteiger partial charge in [0.15, 0.2) is 0 Å². The minimum atomic E-state index is -0.223. The molecule has 1 rings (SSSR count). The molecule has 12 heavy (non-hydrogen) atoms. The van der Waals surface area contributed by atoms with E-state index in [1.54, 1.807) is 0 Å². The first-order chi connectivity index (χ1) is 5.68. The van der Waals surface area contributed by atoms with Crippen LogP contribution in [0.1, 0.15) is 20.3 Å². The van der Waals surface area contributed by atoms with Crippen LogP contribution in [-0.4, -0.2) is 12.6 Å². The van der Waals surface area contributed by atoms with E-state index >= 15 is 0 Å². The molecule has 0 aromatic heterocycles. The standard InChI is InChI=1S/C10H14O2/c1-8(2)4-3-5-9-6-10(11)12-7-9/h3,5-6,8H,4,7H2,1-2H3/b5-3-. The molecule has 1 heterocycles. The van der Waals surface area contributed by atoms with Crippen molar-refractivity contribution in [3.05, 3.63) is 23.8 Å². The summed E-state index contributed by atoms with van der Waals surface area (Å²) >= 11 is 0. The molecule has 0 saturated heterocycles. The van der Waals surface area contributed by atoms with Crippen molar-refractivity contribution < 1.29 is 9.53 Å². The van der Waals surface area contributed by atoms with Crippen molar-refractivity contribution in [3.63, 3.8) is 0 Å². The number of carbonyl (C=O) groups excluding carboxylic acids is 1. The number of allylic oxidation sites excluding steroid dienone is 1. The van der Waals surface area contributed by atoms with E-state index in [0.29, 0.717) is 12.5 Å². The van der Waals surface area contributed by atoms with Crippen LogP contribution in [0.15, 0.2) is 23.8 Å². The molecule has 1 aliphatic rings. The van der Waals surface area contributed by atoms with E-state index in [1.807, 2.05) is 6.08 Å². The van der Waals surface area contributed by atoms with Gasteiger partial charge in [0, 0.05) is 6.08 Å². The Kier molecular flexibility index (Phi) is 3.09. The minimum Gasteiger partial charge on any atom is -0.458 e. The summed E-state index contributed by atoms with van der Waals surface area (Å²) in [6.07, 6.45) is 6.63. The highest BCUT2D eigenvalue weighted by molar-refractivity contribution is 5.85. The molecular weight excluding hydrogens is 152 g/mol. The van der Waals surface area contributed by atoms with Crippen molar-refractivity contribution in [1.29, 1.82) is 0 Å². The van der Waals surface area contributed by atoms with E-state index in [1.165, 1.54) is 6.08 Å². The van der Waals surface area contributed by atoms with Crippen molar-refractivity contribution in [2.24, 2.45) is 5.92 Å². The van der Waals surface area contributed by atoms with Crippen molar-refractivity contribution in [2.45, 2.75) is 20.3 Å². The van der Waals surface area contributed by atoms with Gasteiger partial charge < -0.3 is 4.74 Å². The van der Waals surface area contributed by atoms with Crippen molar-refractivity contribution in [1.82, 2.24) is 0 Å². The Labute approximate surface area is 72.9 Å². The minimum absolute atomic E-state index is 0.223. The SMILES string of the molecule is CC(C)C/C=C\C1=CC(=O)OC1. The second-order valence-electron chi connectivity index (χ2n) is 3.36. The van der Waals surface area contributed by atoms with E-state index < -0.39 is 0 Å². The number of hydrogen-bond donors (Lipinski definition) is 0. The van der Waals surface area contributed by atoms with E-state index in [4.69, 9.17) is 4.74 Å². The zero-order valence-electron chi connectivity index (χ0n) is 7.54. The maximum absolute atomic E-state index is 10.6. The van der Waals surface area contributed by atoms with Crippen LogP contribution in [0.4, 0.5) is 0 Å². The van der Waals surface area contributed by atoms with Crippen LogP contribution in [0.25, 0.3) is 0 Å². The Morgan fingerprint density at radius 2 is 2.42 bits per heavy atom. The molecule has 0 fully saturated rings. The molecular formula is C10H14O2. The summed E-state index contributed by atoms with van der Waals surface area (Å²) in [5.41, 5.74) is 0.973. The second kappa shape index (κ2) is 4.10. The molecule has 0 radical (unpaired) electrons. The molecule has 2 heteroatoms. The lowest BCUT2D eigenvalue weighted by Crippen LogP contribution is -1.90. The number of carbonyl (C=O) groups is 1. The second-order valence-corrected chi connectivity index (χ2v) is 3.36. The normalized spacial score (nSPS) is 17.2. The van der Waals surface area contributed by atoms with Crippen LogP contribution in [-0.2, 0) is 9.53 Å². The summed E-state index contributed by atoms with van der Waals surface area (Å²) in [5.74, 6) is 0.444. The third kappa shape index (κ3) is 2.91. The lowest BCUT2D eigenvalue weighted by atomic mass is 10.1. The van der Waals surface area contributed by atoms with Crippen LogP contribution in [0.2, 0.25) is 0 Å². The van der Waals surface area contributed by atoms with Gasteiger partial charge in [0.1, 0.15) is 6.61 Å². The summed E-state index contributed by atoms with van der Waals surface area (Å²) in [6, 6.07) is 0. The maximum Gasteiger partial charge on any atom is 0.331 e. The smallest absolute Gasteiger partial charge is 0.331 e. The number of hydrogen-bond acceptors (Lipinski definition) is 2. The van der Waals surface area contributed by atoms with Gasteiger partial charge in [-0.05, 0) is 17.9 Å². The average molecular weight is 166 g/mol. The van der Waals surface area contributed by atoms with Gasteiger partial charge in [-0.3, -0.25) is 0 Å². The van der Waals surface area contributed by atoms with Crippen molar-refractivity contribution >= 4 is 5.97 Å². The van der Waals surface area contributed by atoms with Gasteiger partial charge in [-0.2, -0.15) is 0 Å². The van der Waals surface area contributed by atoms with Crippen LogP contribution < -0.4 is 0 Å². The Bertz CT molecular complexity index is 224. The molecule has 0 aliphatic carbocycles. The first-order valence-electron chi connectivity index (χ1n) is 4.22. The largest absolute Gasteiger partial charge is 0.458 e. The Morgan fingerprint density at radius 3 is 2.92 bits per heavy atom. The molecule has 0 aromatic rings. The molecule has 0 bridgehead atoms. The number of esters is 1. The van der Waals surface area contributed by atoms with E-state index in [-0.39, 0.29) is 5.97 Å². The Morgan fingerprint density at radius 1 is 1.67 bits per heavy atom. The zero-order chi connectivity index (χ0) is 8.97. The number of ether oxygens (including phenoxy) is 1. The molecule has 2 nitrogen and oxygen atoms in total.